The summed E-state index contributed by atoms with van der Waals surface area (Å²) in [4.78, 5) is 2.35. The smallest absolute Gasteiger partial charge is 0.00890 e. The Bertz CT molecular complexity index is 99.2. The maximum atomic E-state index is 2.37. The maximum Gasteiger partial charge on any atom is 0.00890 e. The van der Waals surface area contributed by atoms with Crippen molar-refractivity contribution >= 4 is 0 Å². The molecule has 1 heteroatoms. The van der Waals surface area contributed by atoms with Crippen molar-refractivity contribution < 1.29 is 0 Å². The Labute approximate surface area is 78.1 Å². The lowest BCUT2D eigenvalue weighted by molar-refractivity contribution is 0.238. The summed E-state index contributed by atoms with van der Waals surface area (Å²) >= 11 is 0. The van der Waals surface area contributed by atoms with Crippen LogP contribution in [0, 0.1) is 5.92 Å². The zero-order valence-electron chi connectivity index (χ0n) is 9.43. The molecule has 0 N–H and O–H groups in total. The van der Waals surface area contributed by atoms with Gasteiger partial charge in [-0.3, -0.25) is 0 Å². The average Bonchev–Trinajstić information content (AvgIpc) is 2.00. The van der Waals surface area contributed by atoms with Gasteiger partial charge in [-0.1, -0.05) is 33.6 Å². The Hall–Kier alpha value is -0.0400. The summed E-state index contributed by atoms with van der Waals surface area (Å²) in [5, 5.41) is 0. The van der Waals surface area contributed by atoms with Gasteiger partial charge in [0.05, 0.1) is 0 Å². The van der Waals surface area contributed by atoms with Crippen LogP contribution in [0.3, 0.4) is 0 Å². The lowest BCUT2D eigenvalue weighted by Gasteiger charge is -2.25. The molecule has 2 atom stereocenters. The number of rotatable bonds is 6. The molecular formula is C11H25N. The van der Waals surface area contributed by atoms with Crippen molar-refractivity contribution in [1.29, 1.82) is 0 Å². The van der Waals surface area contributed by atoms with Crippen molar-refractivity contribution in [3.8, 4) is 0 Å². The summed E-state index contributed by atoms with van der Waals surface area (Å²) in [6.07, 6.45) is 5.34. The third kappa shape index (κ3) is 4.76. The first-order valence-corrected chi connectivity index (χ1v) is 5.28. The van der Waals surface area contributed by atoms with Crippen LogP contribution in [-0.2, 0) is 0 Å². The van der Waals surface area contributed by atoms with Gasteiger partial charge >= 0.3 is 0 Å². The lowest BCUT2D eigenvalue weighted by atomic mass is 9.95. The van der Waals surface area contributed by atoms with Crippen LogP contribution in [0.2, 0.25) is 0 Å². The molecular weight excluding hydrogens is 146 g/mol. The Morgan fingerprint density at radius 2 is 1.75 bits per heavy atom. The van der Waals surface area contributed by atoms with Gasteiger partial charge in [0.15, 0.2) is 0 Å². The van der Waals surface area contributed by atoms with Gasteiger partial charge in [-0.2, -0.15) is 0 Å². The van der Waals surface area contributed by atoms with Crippen LogP contribution >= 0.6 is 0 Å². The zero-order valence-corrected chi connectivity index (χ0v) is 9.43. The Morgan fingerprint density at radius 3 is 2.08 bits per heavy atom. The Kier molecular flexibility index (Phi) is 6.45. The fraction of sp³-hybridized carbons (Fsp3) is 1.00. The lowest BCUT2D eigenvalue weighted by Crippen LogP contribution is -2.28. The Balaban J connectivity index is 3.69. The minimum atomic E-state index is 0.784. The zero-order chi connectivity index (χ0) is 9.56. The van der Waals surface area contributed by atoms with E-state index in [0.717, 1.165) is 12.0 Å². The third-order valence-electron chi connectivity index (χ3n) is 2.66. The quantitative estimate of drug-likeness (QED) is 0.593. The van der Waals surface area contributed by atoms with Gasteiger partial charge in [-0.15, -0.1) is 0 Å². The fourth-order valence-electron chi connectivity index (χ4n) is 1.82. The molecule has 0 aliphatic carbocycles. The van der Waals surface area contributed by atoms with Crippen LogP contribution in [0.15, 0.2) is 0 Å². The third-order valence-corrected chi connectivity index (χ3v) is 2.66. The molecule has 0 bridgehead atoms. The van der Waals surface area contributed by atoms with Crippen molar-refractivity contribution in [2.24, 2.45) is 5.92 Å². The molecule has 0 heterocycles. The molecule has 12 heavy (non-hydrogen) atoms. The first-order chi connectivity index (χ1) is 5.61. The highest BCUT2D eigenvalue weighted by atomic mass is 15.1. The second-order valence-corrected chi connectivity index (χ2v) is 4.16. The van der Waals surface area contributed by atoms with E-state index in [0.29, 0.717) is 0 Å². The molecule has 0 aromatic heterocycles. The molecule has 0 radical (unpaired) electrons. The molecule has 0 saturated heterocycles. The van der Waals surface area contributed by atoms with E-state index >= 15 is 0 Å². The minimum absolute atomic E-state index is 0.784. The summed E-state index contributed by atoms with van der Waals surface area (Å²) in [6, 6.07) is 0.784. The normalized spacial score (nSPS) is 16.5. The van der Waals surface area contributed by atoms with Crippen LogP contribution in [0.25, 0.3) is 0 Å². The Morgan fingerprint density at radius 1 is 1.17 bits per heavy atom. The van der Waals surface area contributed by atoms with Crippen LogP contribution in [0.1, 0.15) is 46.5 Å². The SMILES string of the molecule is CCCC(C)CC(CC)N(C)C. The van der Waals surface area contributed by atoms with Crippen LogP contribution < -0.4 is 0 Å². The van der Waals surface area contributed by atoms with Crippen molar-refractivity contribution in [3.63, 3.8) is 0 Å². The van der Waals surface area contributed by atoms with E-state index in [2.05, 4.69) is 39.8 Å². The largest absolute Gasteiger partial charge is 0.306 e. The topological polar surface area (TPSA) is 3.24 Å². The molecule has 0 saturated carbocycles. The fourth-order valence-corrected chi connectivity index (χ4v) is 1.82. The van der Waals surface area contributed by atoms with E-state index in [-0.39, 0.29) is 0 Å². The molecule has 0 aliphatic rings. The molecule has 0 fully saturated rings. The van der Waals surface area contributed by atoms with Gasteiger partial charge in [0.1, 0.15) is 0 Å². The molecule has 0 aliphatic heterocycles. The summed E-state index contributed by atoms with van der Waals surface area (Å²) in [7, 11) is 4.37. The number of nitrogens with zero attached hydrogens (tertiary/aromatic N) is 1. The highest BCUT2D eigenvalue weighted by Crippen LogP contribution is 2.16. The predicted molar refractivity (Wildman–Crippen MR) is 56.5 cm³/mol. The molecule has 0 aromatic carbocycles. The molecule has 74 valence electrons. The molecule has 1 nitrogen and oxygen atoms in total. The number of hydrogen-bond donors (Lipinski definition) is 0. The highest BCUT2D eigenvalue weighted by molar-refractivity contribution is 4.67. The van der Waals surface area contributed by atoms with Crippen molar-refractivity contribution in [1.82, 2.24) is 4.90 Å². The van der Waals surface area contributed by atoms with E-state index in [1.165, 1.54) is 25.7 Å². The first-order valence-electron chi connectivity index (χ1n) is 5.28. The van der Waals surface area contributed by atoms with Crippen molar-refractivity contribution in [3.05, 3.63) is 0 Å². The summed E-state index contributed by atoms with van der Waals surface area (Å²) in [5.74, 6) is 0.891. The van der Waals surface area contributed by atoms with Crippen molar-refractivity contribution in [2.75, 3.05) is 14.1 Å². The molecule has 0 rings (SSSR count). The average molecular weight is 171 g/mol. The molecule has 0 spiro atoms. The highest BCUT2D eigenvalue weighted by Gasteiger charge is 2.12. The van der Waals surface area contributed by atoms with E-state index in [1.807, 2.05) is 0 Å². The van der Waals surface area contributed by atoms with Gasteiger partial charge < -0.3 is 4.90 Å². The maximum absolute atomic E-state index is 2.37. The predicted octanol–water partition coefficient (Wildman–Crippen LogP) is 3.15. The van der Waals surface area contributed by atoms with Crippen LogP contribution in [-0.4, -0.2) is 25.0 Å². The summed E-state index contributed by atoms with van der Waals surface area (Å²) in [5.41, 5.74) is 0. The van der Waals surface area contributed by atoms with E-state index in [9.17, 15) is 0 Å². The van der Waals surface area contributed by atoms with Gasteiger partial charge in [0.25, 0.3) is 0 Å². The minimum Gasteiger partial charge on any atom is -0.306 e. The van der Waals surface area contributed by atoms with Crippen LogP contribution in [0.4, 0.5) is 0 Å². The molecule has 0 amide bonds. The van der Waals surface area contributed by atoms with Gasteiger partial charge in [-0.05, 0) is 32.9 Å². The van der Waals surface area contributed by atoms with Gasteiger partial charge in [0, 0.05) is 6.04 Å². The summed E-state index contributed by atoms with van der Waals surface area (Å²) in [6.45, 7) is 6.92. The van der Waals surface area contributed by atoms with E-state index in [4.69, 9.17) is 0 Å². The van der Waals surface area contributed by atoms with Crippen molar-refractivity contribution in [2.45, 2.75) is 52.5 Å². The first kappa shape index (κ1) is 12.0. The van der Waals surface area contributed by atoms with E-state index < -0.39 is 0 Å². The second kappa shape index (κ2) is 6.47. The van der Waals surface area contributed by atoms with Gasteiger partial charge in [0.2, 0.25) is 0 Å². The molecule has 2 unspecified atom stereocenters. The van der Waals surface area contributed by atoms with E-state index in [1.54, 1.807) is 0 Å². The van der Waals surface area contributed by atoms with Crippen LogP contribution in [0.5, 0.6) is 0 Å². The summed E-state index contributed by atoms with van der Waals surface area (Å²) < 4.78 is 0. The standard InChI is InChI=1S/C11H25N/c1-6-8-10(3)9-11(7-2)12(4)5/h10-11H,6-9H2,1-5H3. The molecule has 0 aromatic rings. The van der Waals surface area contributed by atoms with Gasteiger partial charge in [-0.25, -0.2) is 0 Å². The number of hydrogen-bond acceptors (Lipinski definition) is 1. The second-order valence-electron chi connectivity index (χ2n) is 4.16. The monoisotopic (exact) mass is 171 g/mol.